The van der Waals surface area contributed by atoms with E-state index in [1.807, 2.05) is 0 Å². The molecule has 3 rings (SSSR count). The van der Waals surface area contributed by atoms with E-state index in [0.29, 0.717) is 11.8 Å². The zero-order valence-electron chi connectivity index (χ0n) is 19.2. The van der Waals surface area contributed by atoms with Crippen LogP contribution in [0.5, 0.6) is 0 Å². The quantitative estimate of drug-likeness (QED) is 0.189. The van der Waals surface area contributed by atoms with E-state index in [1.165, 1.54) is 21.6 Å². The minimum atomic E-state index is 0.246. The monoisotopic (exact) mass is 459 g/mol. The van der Waals surface area contributed by atoms with E-state index in [0.717, 1.165) is 31.4 Å². The number of aryl methyl sites for hydroxylation is 1. The van der Waals surface area contributed by atoms with Gasteiger partial charge >= 0.3 is 0 Å². The fourth-order valence-corrected chi connectivity index (χ4v) is 4.68. The lowest BCUT2D eigenvalue weighted by atomic mass is 9.89. The summed E-state index contributed by atoms with van der Waals surface area (Å²) in [6.45, 7) is 9.40. The molecule has 3 heteroatoms. The van der Waals surface area contributed by atoms with Crippen LogP contribution in [0.3, 0.4) is 0 Å². The second-order valence-corrected chi connectivity index (χ2v) is 10.2. The third kappa shape index (κ3) is 7.75. The second kappa shape index (κ2) is 12.8. The summed E-state index contributed by atoms with van der Waals surface area (Å²) in [4.78, 5) is 1.36. The molecule has 1 N–H and O–H groups in total. The molecule has 2 aromatic carbocycles. The van der Waals surface area contributed by atoms with Crippen LogP contribution in [0.1, 0.15) is 53.2 Å². The van der Waals surface area contributed by atoms with E-state index in [1.54, 1.807) is 11.3 Å². The molecule has 0 spiro atoms. The zero-order valence-corrected chi connectivity index (χ0v) is 21.2. The van der Waals surface area contributed by atoms with Crippen LogP contribution in [0.25, 0.3) is 0 Å². The van der Waals surface area contributed by atoms with Gasteiger partial charge in [-0.2, -0.15) is 0 Å². The van der Waals surface area contributed by atoms with E-state index in [2.05, 4.69) is 119 Å². The van der Waals surface area contributed by atoms with Crippen molar-refractivity contribution in [3.8, 4) is 11.8 Å². The number of nitrogens with one attached hydrogen (secondary N) is 1. The van der Waals surface area contributed by atoms with Crippen LogP contribution in [-0.2, 0) is 19.4 Å². The highest BCUT2D eigenvalue weighted by molar-refractivity contribution is 7.17. The first-order chi connectivity index (χ1) is 15.5. The Morgan fingerprint density at radius 3 is 2.62 bits per heavy atom. The van der Waals surface area contributed by atoms with Crippen LogP contribution in [0.2, 0.25) is 0 Å². The third-order valence-electron chi connectivity index (χ3n) is 5.72. The first-order valence-corrected chi connectivity index (χ1v) is 12.9. The van der Waals surface area contributed by atoms with E-state index < -0.39 is 0 Å². The summed E-state index contributed by atoms with van der Waals surface area (Å²) in [6.07, 6.45) is 4.93. The molecular formula is C29H34NPS. The minimum absolute atomic E-state index is 0.246. The highest BCUT2D eigenvalue weighted by Gasteiger charge is 2.10. The number of benzene rings is 2. The maximum atomic E-state index is 4.00. The van der Waals surface area contributed by atoms with Gasteiger partial charge in [-0.15, -0.1) is 27.2 Å². The van der Waals surface area contributed by atoms with Crippen LogP contribution in [0, 0.1) is 23.7 Å². The second-order valence-electron chi connectivity index (χ2n) is 8.53. The van der Waals surface area contributed by atoms with Gasteiger partial charge in [-0.1, -0.05) is 74.2 Å². The Labute approximate surface area is 200 Å². The molecule has 3 atom stereocenters. The zero-order chi connectivity index (χ0) is 22.8. The fraction of sp³-hybridized carbons (Fsp3) is 0.310. The highest BCUT2D eigenvalue weighted by Crippen LogP contribution is 2.23. The van der Waals surface area contributed by atoms with E-state index in [9.17, 15) is 0 Å². The van der Waals surface area contributed by atoms with Gasteiger partial charge in [0, 0.05) is 29.2 Å². The first-order valence-electron chi connectivity index (χ1n) is 11.4. The van der Waals surface area contributed by atoms with Gasteiger partial charge in [-0.25, -0.2) is 0 Å². The Hall–Kier alpha value is -2.17. The van der Waals surface area contributed by atoms with Crippen molar-refractivity contribution in [3.05, 3.63) is 106 Å². The van der Waals surface area contributed by atoms with Gasteiger partial charge in [0.2, 0.25) is 0 Å². The molecule has 166 valence electrons. The molecule has 1 aromatic heterocycles. The van der Waals surface area contributed by atoms with Crippen LogP contribution in [-0.4, -0.2) is 0 Å². The Bertz CT molecular complexity index is 1040. The summed E-state index contributed by atoms with van der Waals surface area (Å²) >= 11 is 1.79. The molecule has 3 aromatic rings. The molecule has 0 aliphatic rings. The fourth-order valence-electron chi connectivity index (χ4n) is 3.69. The summed E-state index contributed by atoms with van der Waals surface area (Å²) in [6, 6.07) is 21.7. The smallest absolute Gasteiger partial charge is 0.0466 e. The van der Waals surface area contributed by atoms with Crippen molar-refractivity contribution in [2.45, 2.75) is 45.4 Å². The molecule has 0 fully saturated rings. The summed E-state index contributed by atoms with van der Waals surface area (Å²) in [5.74, 6) is 8.08. The Morgan fingerprint density at radius 1 is 1.06 bits per heavy atom. The number of allylic oxidation sites excluding steroid dienone is 1. The molecule has 3 unspecified atom stereocenters. The molecule has 0 saturated heterocycles. The van der Waals surface area contributed by atoms with E-state index in [4.69, 9.17) is 0 Å². The molecular weight excluding hydrogens is 425 g/mol. The molecule has 1 nitrogen and oxygen atoms in total. The summed E-state index contributed by atoms with van der Waals surface area (Å²) in [5, 5.41) is 5.71. The van der Waals surface area contributed by atoms with Gasteiger partial charge in [0.15, 0.2) is 0 Å². The van der Waals surface area contributed by atoms with Gasteiger partial charge in [-0.3, -0.25) is 0 Å². The van der Waals surface area contributed by atoms with Gasteiger partial charge in [0.1, 0.15) is 0 Å². The van der Waals surface area contributed by atoms with Crippen molar-refractivity contribution in [3.63, 3.8) is 0 Å². The average Bonchev–Trinajstić information content (AvgIpc) is 3.33. The molecule has 1 heterocycles. The van der Waals surface area contributed by atoms with Crippen molar-refractivity contribution in [2.75, 3.05) is 0 Å². The van der Waals surface area contributed by atoms with Crippen LogP contribution >= 0.6 is 20.6 Å². The van der Waals surface area contributed by atoms with Gasteiger partial charge in [0.25, 0.3) is 0 Å². The maximum Gasteiger partial charge on any atom is 0.0466 e. The minimum Gasteiger partial charge on any atom is -0.302 e. The summed E-state index contributed by atoms with van der Waals surface area (Å²) in [5.41, 5.74) is 5.07. The maximum absolute atomic E-state index is 4.00. The molecule has 0 bridgehead atoms. The molecule has 0 saturated carbocycles. The van der Waals surface area contributed by atoms with Crippen LogP contribution < -0.4 is 5.32 Å². The van der Waals surface area contributed by atoms with Crippen LogP contribution in [0.4, 0.5) is 0 Å². The first kappa shape index (κ1) is 24.5. The molecule has 0 amide bonds. The Morgan fingerprint density at radius 2 is 1.88 bits per heavy atom. The Balaban J connectivity index is 1.53. The van der Waals surface area contributed by atoms with Crippen molar-refractivity contribution in [1.82, 2.24) is 5.32 Å². The molecule has 0 aliphatic carbocycles. The standard InChI is InChI=1S/C29H34NPS/c1-4-26(22(2)3)20-25-14-7-12-23(18-25)10-5-6-11-24-13-8-15-27(19-24)29(31)30-21-28-16-9-17-32-28/h4,7-9,12-19,22,26,29-30H,1,6,11,20-21,31H2,2-3H3. The molecule has 0 aliphatic heterocycles. The largest absolute Gasteiger partial charge is 0.302 e. The lowest BCUT2D eigenvalue weighted by molar-refractivity contribution is 0.464. The lowest BCUT2D eigenvalue weighted by Gasteiger charge is -2.16. The summed E-state index contributed by atoms with van der Waals surface area (Å²) < 4.78 is 0. The third-order valence-corrected chi connectivity index (χ3v) is 7.21. The highest BCUT2D eigenvalue weighted by atomic mass is 32.1. The lowest BCUT2D eigenvalue weighted by Crippen LogP contribution is -2.15. The summed E-state index contributed by atoms with van der Waals surface area (Å²) in [7, 11) is 2.92. The topological polar surface area (TPSA) is 12.0 Å². The van der Waals surface area contributed by atoms with Gasteiger partial charge < -0.3 is 5.32 Å². The number of hydrogen-bond donors (Lipinski definition) is 1. The van der Waals surface area contributed by atoms with Gasteiger partial charge in [-0.05, 0) is 64.9 Å². The molecule has 0 radical (unpaired) electrons. The number of rotatable bonds is 10. The van der Waals surface area contributed by atoms with Crippen LogP contribution in [0.15, 0.2) is 78.7 Å². The average molecular weight is 460 g/mol. The van der Waals surface area contributed by atoms with Crippen molar-refractivity contribution >= 4 is 20.6 Å². The van der Waals surface area contributed by atoms with Gasteiger partial charge in [0.05, 0.1) is 0 Å². The molecule has 32 heavy (non-hydrogen) atoms. The normalized spacial score (nSPS) is 12.8. The Kier molecular flexibility index (Phi) is 9.76. The predicted octanol–water partition coefficient (Wildman–Crippen LogP) is 7.40. The van der Waals surface area contributed by atoms with Crippen molar-refractivity contribution in [2.24, 2.45) is 11.8 Å². The van der Waals surface area contributed by atoms with E-state index in [-0.39, 0.29) is 5.78 Å². The SMILES string of the molecule is C=CC(Cc1cccc(C#CCCc2cccc(C(P)NCc3cccs3)c2)c1)C(C)C. The van der Waals surface area contributed by atoms with Crippen molar-refractivity contribution in [1.29, 1.82) is 0 Å². The predicted molar refractivity (Wildman–Crippen MR) is 144 cm³/mol. The number of hydrogen-bond acceptors (Lipinski definition) is 2. The van der Waals surface area contributed by atoms with E-state index >= 15 is 0 Å². The number of thiophene rings is 1. The van der Waals surface area contributed by atoms with Crippen molar-refractivity contribution < 1.29 is 0 Å².